The summed E-state index contributed by atoms with van der Waals surface area (Å²) in [6.45, 7) is 6.14. The summed E-state index contributed by atoms with van der Waals surface area (Å²) in [5.41, 5.74) is 10.6. The number of nitrogens with two attached hydrogens (primary N) is 1. The first-order valence-corrected chi connectivity index (χ1v) is 12.0. The Morgan fingerprint density at radius 1 is 1.18 bits per heavy atom. The Bertz CT molecular complexity index is 1190. The standard InChI is InChI=1S/C26H31N5O3/c1-3-33-34-16-24(32)31-12-11-30(15-17(31)2)26-23(27)13-22(25(29-26)18-7-8-18)21-6-4-5-19-14-28-10-9-20(19)21/h4-6,9-10,13-14,17-18H,3,7-8,11-12,15-16,27H2,1-2H3. The molecule has 1 aromatic carbocycles. The minimum absolute atomic E-state index is 0.0160. The Balaban J connectivity index is 1.42. The summed E-state index contributed by atoms with van der Waals surface area (Å²) in [6, 6.07) is 10.4. The largest absolute Gasteiger partial charge is 0.396 e. The lowest BCUT2D eigenvalue weighted by Crippen LogP contribution is -2.55. The Morgan fingerprint density at radius 3 is 2.79 bits per heavy atom. The van der Waals surface area contributed by atoms with E-state index in [-0.39, 0.29) is 18.6 Å². The van der Waals surface area contributed by atoms with Crippen molar-refractivity contribution in [1.82, 2.24) is 14.9 Å². The third-order valence-corrected chi connectivity index (χ3v) is 6.63. The van der Waals surface area contributed by atoms with Crippen LogP contribution in [0.1, 0.15) is 38.3 Å². The smallest absolute Gasteiger partial charge is 0.252 e. The molecule has 8 heteroatoms. The molecule has 0 spiro atoms. The average Bonchev–Trinajstić information content (AvgIpc) is 3.69. The van der Waals surface area contributed by atoms with Crippen LogP contribution in [0.5, 0.6) is 0 Å². The molecule has 1 atom stereocenters. The summed E-state index contributed by atoms with van der Waals surface area (Å²) in [6.07, 6.45) is 6.01. The van der Waals surface area contributed by atoms with E-state index in [0.717, 1.165) is 46.3 Å². The van der Waals surface area contributed by atoms with Crippen LogP contribution in [0.15, 0.2) is 42.7 Å². The second-order valence-electron chi connectivity index (χ2n) is 9.06. The SMILES string of the molecule is CCOOCC(=O)N1CCN(c2nc(C3CC3)c(-c3cccc4cnccc34)cc2N)CC1C. The molecule has 178 valence electrons. The maximum atomic E-state index is 12.5. The Hall–Kier alpha value is -3.23. The molecule has 2 aromatic heterocycles. The number of nitrogens with zero attached hydrogens (tertiary/aromatic N) is 4. The van der Waals surface area contributed by atoms with Crippen molar-refractivity contribution in [2.24, 2.45) is 0 Å². The predicted octanol–water partition coefficient (Wildman–Crippen LogP) is 3.76. The van der Waals surface area contributed by atoms with Crippen LogP contribution >= 0.6 is 0 Å². The van der Waals surface area contributed by atoms with Gasteiger partial charge in [0.25, 0.3) is 5.91 Å². The van der Waals surface area contributed by atoms with Crippen molar-refractivity contribution in [2.75, 3.05) is 43.5 Å². The number of pyridine rings is 2. The molecule has 34 heavy (non-hydrogen) atoms. The number of benzene rings is 1. The lowest BCUT2D eigenvalue weighted by atomic mass is 9.96. The molecule has 1 saturated heterocycles. The van der Waals surface area contributed by atoms with Gasteiger partial charge in [0.2, 0.25) is 0 Å². The number of hydrogen-bond donors (Lipinski definition) is 1. The maximum absolute atomic E-state index is 12.5. The lowest BCUT2D eigenvalue weighted by Gasteiger charge is -2.40. The summed E-state index contributed by atoms with van der Waals surface area (Å²) >= 11 is 0. The van der Waals surface area contributed by atoms with Crippen LogP contribution in [0.3, 0.4) is 0 Å². The van der Waals surface area contributed by atoms with E-state index in [1.807, 2.05) is 31.1 Å². The monoisotopic (exact) mass is 461 g/mol. The second-order valence-corrected chi connectivity index (χ2v) is 9.06. The lowest BCUT2D eigenvalue weighted by molar-refractivity contribution is -0.287. The highest BCUT2D eigenvalue weighted by atomic mass is 17.2. The van der Waals surface area contributed by atoms with Crippen molar-refractivity contribution in [3.8, 4) is 11.1 Å². The number of aromatic nitrogens is 2. The topological polar surface area (TPSA) is 93.8 Å². The fourth-order valence-electron chi connectivity index (χ4n) is 4.81. The van der Waals surface area contributed by atoms with Crippen LogP contribution in [0.2, 0.25) is 0 Å². The molecule has 0 bridgehead atoms. The van der Waals surface area contributed by atoms with Crippen molar-refractivity contribution in [3.05, 3.63) is 48.4 Å². The minimum Gasteiger partial charge on any atom is -0.396 e. The van der Waals surface area contributed by atoms with Crippen LogP contribution in [0.4, 0.5) is 11.5 Å². The average molecular weight is 462 g/mol. The number of carbonyl (C=O) groups is 1. The molecule has 0 radical (unpaired) electrons. The zero-order valence-electron chi connectivity index (χ0n) is 19.7. The molecule has 2 fully saturated rings. The quantitative estimate of drug-likeness (QED) is 0.325. The van der Waals surface area contributed by atoms with Gasteiger partial charge in [0.1, 0.15) is 0 Å². The highest BCUT2D eigenvalue weighted by Gasteiger charge is 2.33. The molecule has 1 aliphatic heterocycles. The maximum Gasteiger partial charge on any atom is 0.252 e. The van der Waals surface area contributed by atoms with Gasteiger partial charge in [-0.1, -0.05) is 18.2 Å². The van der Waals surface area contributed by atoms with E-state index < -0.39 is 0 Å². The fourth-order valence-corrected chi connectivity index (χ4v) is 4.81. The Kier molecular flexibility index (Phi) is 6.34. The second kappa shape index (κ2) is 9.56. The minimum atomic E-state index is -0.0698. The van der Waals surface area contributed by atoms with E-state index in [4.69, 9.17) is 20.5 Å². The van der Waals surface area contributed by atoms with E-state index in [0.29, 0.717) is 37.8 Å². The van der Waals surface area contributed by atoms with Crippen molar-refractivity contribution in [3.63, 3.8) is 0 Å². The van der Waals surface area contributed by atoms with Gasteiger partial charge in [-0.2, -0.15) is 0 Å². The Labute approximate surface area is 199 Å². The summed E-state index contributed by atoms with van der Waals surface area (Å²) in [5.74, 6) is 1.21. The number of anilines is 2. The first kappa shape index (κ1) is 22.6. The first-order valence-electron chi connectivity index (χ1n) is 12.0. The van der Waals surface area contributed by atoms with E-state index in [2.05, 4.69) is 40.2 Å². The molecule has 1 saturated carbocycles. The number of hydrogen-bond acceptors (Lipinski definition) is 7. The third-order valence-electron chi connectivity index (χ3n) is 6.63. The molecule has 1 unspecified atom stereocenters. The molecule has 2 N–H and O–H groups in total. The van der Waals surface area contributed by atoms with Gasteiger partial charge in [0.05, 0.1) is 18.0 Å². The molecule has 3 heterocycles. The first-order chi connectivity index (χ1) is 16.6. The van der Waals surface area contributed by atoms with Crippen LogP contribution in [0, 0.1) is 0 Å². The van der Waals surface area contributed by atoms with Crippen LogP contribution < -0.4 is 10.6 Å². The molecule has 1 aliphatic carbocycles. The highest BCUT2D eigenvalue weighted by molar-refractivity contribution is 5.97. The van der Waals surface area contributed by atoms with Gasteiger partial charge >= 0.3 is 0 Å². The number of nitrogen functional groups attached to an aromatic ring is 1. The van der Waals surface area contributed by atoms with Crippen molar-refractivity contribution < 1.29 is 14.6 Å². The zero-order valence-corrected chi connectivity index (χ0v) is 19.7. The summed E-state index contributed by atoms with van der Waals surface area (Å²) < 4.78 is 0. The summed E-state index contributed by atoms with van der Waals surface area (Å²) in [4.78, 5) is 35.8. The van der Waals surface area contributed by atoms with Gasteiger partial charge in [-0.05, 0) is 49.8 Å². The summed E-state index contributed by atoms with van der Waals surface area (Å²) in [5, 5.41) is 2.26. The van der Waals surface area contributed by atoms with Gasteiger partial charge in [-0.3, -0.25) is 9.78 Å². The number of piperazine rings is 1. The third kappa shape index (κ3) is 4.43. The van der Waals surface area contributed by atoms with E-state index in [1.54, 1.807) is 0 Å². The normalized spacial score (nSPS) is 18.5. The molecular formula is C26H31N5O3. The van der Waals surface area contributed by atoms with E-state index >= 15 is 0 Å². The van der Waals surface area contributed by atoms with Gasteiger partial charge in [0, 0.05) is 54.9 Å². The molecule has 2 aliphatic rings. The van der Waals surface area contributed by atoms with Crippen molar-refractivity contribution in [2.45, 2.75) is 38.6 Å². The Morgan fingerprint density at radius 2 is 2.03 bits per heavy atom. The molecule has 3 aromatic rings. The molecular weight excluding hydrogens is 430 g/mol. The van der Waals surface area contributed by atoms with Gasteiger partial charge in [-0.15, -0.1) is 0 Å². The van der Waals surface area contributed by atoms with Gasteiger partial charge in [-0.25, -0.2) is 14.8 Å². The predicted molar refractivity (Wildman–Crippen MR) is 132 cm³/mol. The number of rotatable bonds is 7. The molecule has 8 nitrogen and oxygen atoms in total. The van der Waals surface area contributed by atoms with Crippen LogP contribution in [-0.2, 0) is 14.6 Å². The van der Waals surface area contributed by atoms with Crippen LogP contribution in [-0.4, -0.2) is 59.7 Å². The van der Waals surface area contributed by atoms with Gasteiger partial charge in [0.15, 0.2) is 12.4 Å². The number of carbonyl (C=O) groups excluding carboxylic acids is 1. The zero-order chi connectivity index (χ0) is 23.7. The molecule has 1 amide bonds. The van der Waals surface area contributed by atoms with Crippen LogP contribution in [0.25, 0.3) is 21.9 Å². The van der Waals surface area contributed by atoms with Crippen molar-refractivity contribution >= 4 is 28.2 Å². The number of fused-ring (bicyclic) bond motifs is 1. The van der Waals surface area contributed by atoms with Gasteiger partial charge < -0.3 is 15.5 Å². The fraction of sp³-hybridized carbons (Fsp3) is 0.423. The van der Waals surface area contributed by atoms with Crippen molar-refractivity contribution in [1.29, 1.82) is 0 Å². The molecule has 5 rings (SSSR count). The number of amides is 1. The van der Waals surface area contributed by atoms with E-state index in [1.165, 1.54) is 0 Å². The summed E-state index contributed by atoms with van der Waals surface area (Å²) in [7, 11) is 0. The van der Waals surface area contributed by atoms with E-state index in [9.17, 15) is 4.79 Å². The highest BCUT2D eigenvalue weighted by Crippen LogP contribution is 2.46.